The summed E-state index contributed by atoms with van der Waals surface area (Å²) in [5, 5.41) is 3.27. The van der Waals surface area contributed by atoms with Crippen LogP contribution in [-0.2, 0) is 4.74 Å². The summed E-state index contributed by atoms with van der Waals surface area (Å²) in [6.07, 6.45) is 4.20. The smallest absolute Gasteiger partial charge is 0.0620 e. The molecule has 0 aliphatic carbocycles. The molecule has 0 bridgehead atoms. The standard InChI is InChI=1S/C12H25NO/c1-12(2,3)8-11-10(9-13-4)6-5-7-14-11/h10-11,13H,5-9H2,1-4H3. The fourth-order valence-electron chi connectivity index (χ4n) is 2.23. The maximum Gasteiger partial charge on any atom is 0.0620 e. The van der Waals surface area contributed by atoms with Gasteiger partial charge in [0.2, 0.25) is 0 Å². The zero-order valence-corrected chi connectivity index (χ0v) is 10.1. The van der Waals surface area contributed by atoms with Gasteiger partial charge in [-0.05, 0) is 37.6 Å². The lowest BCUT2D eigenvalue weighted by Crippen LogP contribution is -2.38. The van der Waals surface area contributed by atoms with Gasteiger partial charge in [-0.1, -0.05) is 20.8 Å². The Labute approximate surface area is 88.4 Å². The molecule has 0 aromatic rings. The van der Waals surface area contributed by atoms with Crippen LogP contribution in [0.4, 0.5) is 0 Å². The van der Waals surface area contributed by atoms with Crippen LogP contribution in [0.25, 0.3) is 0 Å². The molecule has 2 unspecified atom stereocenters. The second kappa shape index (κ2) is 5.13. The first-order valence-corrected chi connectivity index (χ1v) is 5.79. The first kappa shape index (κ1) is 12.0. The maximum atomic E-state index is 5.88. The lowest BCUT2D eigenvalue weighted by Gasteiger charge is -2.35. The zero-order chi connectivity index (χ0) is 10.6. The Morgan fingerprint density at radius 2 is 2.07 bits per heavy atom. The van der Waals surface area contributed by atoms with Gasteiger partial charge in [-0.15, -0.1) is 0 Å². The van der Waals surface area contributed by atoms with Crippen LogP contribution in [0.5, 0.6) is 0 Å². The van der Waals surface area contributed by atoms with E-state index in [1.54, 1.807) is 0 Å². The molecule has 0 aromatic carbocycles. The van der Waals surface area contributed by atoms with E-state index in [0.717, 1.165) is 13.2 Å². The predicted molar refractivity (Wildman–Crippen MR) is 60.5 cm³/mol. The van der Waals surface area contributed by atoms with Gasteiger partial charge in [-0.3, -0.25) is 0 Å². The maximum absolute atomic E-state index is 5.88. The highest BCUT2D eigenvalue weighted by Gasteiger charge is 2.29. The van der Waals surface area contributed by atoms with Gasteiger partial charge < -0.3 is 10.1 Å². The van der Waals surface area contributed by atoms with Crippen molar-refractivity contribution in [1.29, 1.82) is 0 Å². The molecule has 84 valence electrons. The normalized spacial score (nSPS) is 29.1. The molecule has 1 heterocycles. The van der Waals surface area contributed by atoms with E-state index < -0.39 is 0 Å². The van der Waals surface area contributed by atoms with Gasteiger partial charge in [0.1, 0.15) is 0 Å². The summed E-state index contributed by atoms with van der Waals surface area (Å²) in [5.41, 5.74) is 0.383. The molecule has 1 N–H and O–H groups in total. The lowest BCUT2D eigenvalue weighted by atomic mass is 9.82. The molecule has 1 aliphatic rings. The summed E-state index contributed by atoms with van der Waals surface area (Å²) in [6, 6.07) is 0. The molecule has 1 saturated heterocycles. The van der Waals surface area contributed by atoms with E-state index >= 15 is 0 Å². The number of nitrogens with one attached hydrogen (secondary N) is 1. The van der Waals surface area contributed by atoms with Gasteiger partial charge in [-0.2, -0.15) is 0 Å². The van der Waals surface area contributed by atoms with Gasteiger partial charge in [-0.25, -0.2) is 0 Å². The van der Waals surface area contributed by atoms with Crippen molar-refractivity contribution in [2.45, 2.75) is 46.1 Å². The zero-order valence-electron chi connectivity index (χ0n) is 10.1. The third-order valence-corrected chi connectivity index (χ3v) is 2.86. The van der Waals surface area contributed by atoms with E-state index in [9.17, 15) is 0 Å². The Balaban J connectivity index is 2.45. The number of ether oxygens (including phenoxy) is 1. The molecule has 2 nitrogen and oxygen atoms in total. The summed E-state index contributed by atoms with van der Waals surface area (Å²) >= 11 is 0. The Bertz CT molecular complexity index is 160. The summed E-state index contributed by atoms with van der Waals surface area (Å²) in [6.45, 7) is 8.94. The molecule has 0 saturated carbocycles. The van der Waals surface area contributed by atoms with E-state index in [1.807, 2.05) is 7.05 Å². The Morgan fingerprint density at radius 1 is 1.36 bits per heavy atom. The van der Waals surface area contributed by atoms with Crippen molar-refractivity contribution in [3.8, 4) is 0 Å². The molecule has 1 rings (SSSR count). The Hall–Kier alpha value is -0.0800. The molecule has 1 aliphatic heterocycles. The number of hydrogen-bond donors (Lipinski definition) is 1. The first-order chi connectivity index (χ1) is 6.53. The second-order valence-corrected chi connectivity index (χ2v) is 5.63. The summed E-state index contributed by atoms with van der Waals surface area (Å²) < 4.78 is 5.88. The second-order valence-electron chi connectivity index (χ2n) is 5.63. The van der Waals surface area contributed by atoms with Crippen LogP contribution < -0.4 is 5.32 Å². The van der Waals surface area contributed by atoms with E-state index in [1.165, 1.54) is 19.3 Å². The molecule has 0 aromatic heterocycles. The van der Waals surface area contributed by atoms with Crippen LogP contribution in [0.3, 0.4) is 0 Å². The highest BCUT2D eigenvalue weighted by atomic mass is 16.5. The van der Waals surface area contributed by atoms with Crippen LogP contribution in [0.15, 0.2) is 0 Å². The molecule has 0 spiro atoms. The molecule has 14 heavy (non-hydrogen) atoms. The number of rotatable bonds is 3. The molecule has 2 atom stereocenters. The van der Waals surface area contributed by atoms with E-state index in [2.05, 4.69) is 26.1 Å². The predicted octanol–water partition coefficient (Wildman–Crippen LogP) is 2.44. The van der Waals surface area contributed by atoms with E-state index in [4.69, 9.17) is 4.74 Å². The third-order valence-electron chi connectivity index (χ3n) is 2.86. The summed E-state index contributed by atoms with van der Waals surface area (Å²) in [5.74, 6) is 0.716. The van der Waals surface area contributed by atoms with Crippen molar-refractivity contribution in [3.05, 3.63) is 0 Å². The largest absolute Gasteiger partial charge is 0.378 e. The highest BCUT2D eigenvalue weighted by molar-refractivity contribution is 4.80. The van der Waals surface area contributed by atoms with Crippen molar-refractivity contribution in [1.82, 2.24) is 5.32 Å². The summed E-state index contributed by atoms with van der Waals surface area (Å²) in [4.78, 5) is 0. The van der Waals surface area contributed by atoms with Crippen LogP contribution in [0.1, 0.15) is 40.0 Å². The minimum atomic E-state index is 0.383. The van der Waals surface area contributed by atoms with E-state index in [0.29, 0.717) is 17.4 Å². The van der Waals surface area contributed by atoms with Crippen molar-refractivity contribution >= 4 is 0 Å². The monoisotopic (exact) mass is 199 g/mol. The van der Waals surface area contributed by atoms with Crippen molar-refractivity contribution < 1.29 is 4.74 Å². The third kappa shape index (κ3) is 3.97. The van der Waals surface area contributed by atoms with Crippen LogP contribution >= 0.6 is 0 Å². The van der Waals surface area contributed by atoms with Gasteiger partial charge in [0, 0.05) is 13.2 Å². The molecule has 2 heteroatoms. The van der Waals surface area contributed by atoms with Crippen molar-refractivity contribution in [2.24, 2.45) is 11.3 Å². The minimum Gasteiger partial charge on any atom is -0.378 e. The molecule has 0 amide bonds. The molecule has 0 radical (unpaired) electrons. The summed E-state index contributed by atoms with van der Waals surface area (Å²) in [7, 11) is 2.03. The van der Waals surface area contributed by atoms with Crippen molar-refractivity contribution in [2.75, 3.05) is 20.2 Å². The van der Waals surface area contributed by atoms with Gasteiger partial charge in [0.25, 0.3) is 0 Å². The first-order valence-electron chi connectivity index (χ1n) is 5.79. The average molecular weight is 199 g/mol. The lowest BCUT2D eigenvalue weighted by molar-refractivity contribution is -0.0454. The van der Waals surface area contributed by atoms with Gasteiger partial charge >= 0.3 is 0 Å². The Kier molecular flexibility index (Phi) is 4.39. The number of hydrogen-bond acceptors (Lipinski definition) is 2. The topological polar surface area (TPSA) is 21.3 Å². The molecular weight excluding hydrogens is 174 g/mol. The molecule has 1 fully saturated rings. The van der Waals surface area contributed by atoms with E-state index in [-0.39, 0.29) is 0 Å². The fraction of sp³-hybridized carbons (Fsp3) is 1.00. The van der Waals surface area contributed by atoms with Crippen LogP contribution in [-0.4, -0.2) is 26.3 Å². The van der Waals surface area contributed by atoms with Crippen LogP contribution in [0, 0.1) is 11.3 Å². The average Bonchev–Trinajstić information content (AvgIpc) is 2.06. The van der Waals surface area contributed by atoms with Gasteiger partial charge in [0.05, 0.1) is 6.10 Å². The quantitative estimate of drug-likeness (QED) is 0.754. The SMILES string of the molecule is CNCC1CCCOC1CC(C)(C)C. The molecular formula is C12H25NO. The van der Waals surface area contributed by atoms with Crippen molar-refractivity contribution in [3.63, 3.8) is 0 Å². The van der Waals surface area contributed by atoms with Crippen LogP contribution in [0.2, 0.25) is 0 Å². The Morgan fingerprint density at radius 3 is 2.64 bits per heavy atom. The fourth-order valence-corrected chi connectivity index (χ4v) is 2.23. The van der Waals surface area contributed by atoms with Gasteiger partial charge in [0.15, 0.2) is 0 Å². The highest BCUT2D eigenvalue weighted by Crippen LogP contribution is 2.30. The minimum absolute atomic E-state index is 0.383.